The highest BCUT2D eigenvalue weighted by atomic mass is 32.3. The SMILES string of the molecule is COCC#CS(c1ccccc1)(c1ccccc1)C(C)(C)C. The molecule has 0 aliphatic rings. The smallest absolute Gasteiger partial charge is 0.108 e. The summed E-state index contributed by atoms with van der Waals surface area (Å²) in [5.74, 6) is 3.24. The molecule has 0 atom stereocenters. The molecule has 0 saturated heterocycles. The number of hydrogen-bond acceptors (Lipinski definition) is 1. The van der Waals surface area contributed by atoms with Gasteiger partial charge in [-0.05, 0) is 29.5 Å². The summed E-state index contributed by atoms with van der Waals surface area (Å²) in [5.41, 5.74) is 0. The van der Waals surface area contributed by atoms with Crippen molar-refractivity contribution in [2.75, 3.05) is 13.7 Å². The van der Waals surface area contributed by atoms with Crippen molar-refractivity contribution in [3.8, 4) is 11.2 Å². The summed E-state index contributed by atoms with van der Waals surface area (Å²) in [6, 6.07) is 21.3. The number of benzene rings is 2. The van der Waals surface area contributed by atoms with E-state index in [0.29, 0.717) is 6.61 Å². The zero-order chi connectivity index (χ0) is 16.1. The molecule has 22 heavy (non-hydrogen) atoms. The van der Waals surface area contributed by atoms with Crippen molar-refractivity contribution in [2.24, 2.45) is 0 Å². The van der Waals surface area contributed by atoms with Crippen molar-refractivity contribution >= 4 is 10.0 Å². The molecule has 116 valence electrons. The maximum absolute atomic E-state index is 5.16. The van der Waals surface area contributed by atoms with Crippen LogP contribution in [0.15, 0.2) is 70.5 Å². The van der Waals surface area contributed by atoms with Crippen LogP contribution in [0.1, 0.15) is 20.8 Å². The van der Waals surface area contributed by atoms with Gasteiger partial charge in [-0.15, -0.1) is 10.0 Å². The van der Waals surface area contributed by atoms with E-state index < -0.39 is 10.0 Å². The van der Waals surface area contributed by atoms with Crippen LogP contribution in [-0.4, -0.2) is 18.5 Å². The molecular weight excluding hydrogens is 288 g/mol. The molecule has 1 nitrogen and oxygen atoms in total. The van der Waals surface area contributed by atoms with E-state index in [4.69, 9.17) is 4.74 Å². The lowest BCUT2D eigenvalue weighted by atomic mass is 10.3. The second kappa shape index (κ2) is 7.05. The minimum Gasteiger partial charge on any atom is -0.372 e. The third kappa shape index (κ3) is 3.21. The van der Waals surface area contributed by atoms with Crippen LogP contribution in [0.2, 0.25) is 0 Å². The third-order valence-electron chi connectivity index (χ3n) is 3.55. The maximum atomic E-state index is 5.16. The van der Waals surface area contributed by atoms with Crippen molar-refractivity contribution in [1.29, 1.82) is 0 Å². The van der Waals surface area contributed by atoms with Crippen LogP contribution in [-0.2, 0) is 4.74 Å². The maximum Gasteiger partial charge on any atom is 0.108 e. The zero-order valence-electron chi connectivity index (χ0n) is 13.8. The van der Waals surface area contributed by atoms with Crippen LogP contribution in [0, 0.1) is 11.2 Å². The van der Waals surface area contributed by atoms with Gasteiger partial charge in [0.05, 0.1) is 0 Å². The van der Waals surface area contributed by atoms with Gasteiger partial charge in [-0.1, -0.05) is 63.1 Å². The summed E-state index contributed by atoms with van der Waals surface area (Å²) in [4.78, 5) is 2.61. The quantitative estimate of drug-likeness (QED) is 0.697. The molecule has 0 spiro atoms. The van der Waals surface area contributed by atoms with Crippen LogP contribution in [0.4, 0.5) is 0 Å². The molecule has 0 aliphatic carbocycles. The highest BCUT2D eigenvalue weighted by Crippen LogP contribution is 2.69. The Hall–Kier alpha value is -1.69. The predicted octanol–water partition coefficient (Wildman–Crippen LogP) is 5.32. The molecule has 0 aromatic heterocycles. The summed E-state index contributed by atoms with van der Waals surface area (Å²) >= 11 is 0. The first-order valence-electron chi connectivity index (χ1n) is 7.44. The van der Waals surface area contributed by atoms with Gasteiger partial charge in [-0.25, -0.2) is 0 Å². The van der Waals surface area contributed by atoms with Crippen molar-refractivity contribution in [3.63, 3.8) is 0 Å². The van der Waals surface area contributed by atoms with Gasteiger partial charge in [-0.3, -0.25) is 0 Å². The Morgan fingerprint density at radius 3 is 1.68 bits per heavy atom. The fraction of sp³-hybridized carbons (Fsp3) is 0.300. The summed E-state index contributed by atoms with van der Waals surface area (Å²) in [6.45, 7) is 7.31. The monoisotopic (exact) mass is 312 g/mol. The van der Waals surface area contributed by atoms with Crippen LogP contribution >= 0.6 is 10.0 Å². The molecule has 0 unspecified atom stereocenters. The molecule has 0 saturated carbocycles. The van der Waals surface area contributed by atoms with E-state index in [1.807, 2.05) is 0 Å². The van der Waals surface area contributed by atoms with Gasteiger partial charge in [0, 0.05) is 21.6 Å². The minimum absolute atomic E-state index is 0.0243. The molecule has 2 aromatic rings. The average molecular weight is 312 g/mol. The Morgan fingerprint density at radius 1 is 0.864 bits per heavy atom. The average Bonchev–Trinajstić information content (AvgIpc) is 2.52. The van der Waals surface area contributed by atoms with E-state index in [0.717, 1.165) is 0 Å². The predicted molar refractivity (Wildman–Crippen MR) is 96.4 cm³/mol. The zero-order valence-corrected chi connectivity index (χ0v) is 14.6. The normalized spacial score (nSPS) is 12.4. The Labute approximate surface area is 136 Å². The molecule has 0 aliphatic heterocycles. The van der Waals surface area contributed by atoms with Crippen molar-refractivity contribution in [1.82, 2.24) is 0 Å². The summed E-state index contributed by atoms with van der Waals surface area (Å²) in [5, 5.41) is 3.62. The van der Waals surface area contributed by atoms with Gasteiger partial charge in [0.1, 0.15) is 6.61 Å². The van der Waals surface area contributed by atoms with E-state index in [1.165, 1.54) is 9.79 Å². The lowest BCUT2D eigenvalue weighted by molar-refractivity contribution is 0.240. The van der Waals surface area contributed by atoms with Crippen LogP contribution in [0.5, 0.6) is 0 Å². The number of rotatable bonds is 3. The standard InChI is InChI=1S/C20H24OS/c1-20(2,3)22(17-11-16-21-4,18-12-7-5-8-13-18)19-14-9-6-10-15-19/h5-10,12-15H,16H2,1-4H3. The molecule has 0 bridgehead atoms. The number of methoxy groups -OCH3 is 1. The molecule has 2 heteroatoms. The molecule has 2 aromatic carbocycles. The molecule has 0 radical (unpaired) electrons. The molecular formula is C20H24OS. The van der Waals surface area contributed by atoms with Gasteiger partial charge >= 0.3 is 0 Å². The lowest BCUT2D eigenvalue weighted by Gasteiger charge is -2.47. The summed E-state index contributed by atoms with van der Waals surface area (Å²) < 4.78 is 5.19. The van der Waals surface area contributed by atoms with E-state index >= 15 is 0 Å². The van der Waals surface area contributed by atoms with E-state index in [2.05, 4.69) is 92.6 Å². The topological polar surface area (TPSA) is 9.23 Å². The highest BCUT2D eigenvalue weighted by Gasteiger charge is 2.38. The van der Waals surface area contributed by atoms with Gasteiger partial charge in [-0.2, -0.15) is 0 Å². The second-order valence-corrected chi connectivity index (χ2v) is 9.66. The van der Waals surface area contributed by atoms with Crippen LogP contribution < -0.4 is 0 Å². The molecule has 0 heterocycles. The van der Waals surface area contributed by atoms with E-state index in [1.54, 1.807) is 7.11 Å². The summed E-state index contributed by atoms with van der Waals surface area (Å²) in [6.07, 6.45) is 0. The lowest BCUT2D eigenvalue weighted by Crippen LogP contribution is -2.24. The fourth-order valence-corrected chi connectivity index (χ4v) is 6.21. The number of ether oxygens (including phenoxy) is 1. The first-order chi connectivity index (χ1) is 10.5. The van der Waals surface area contributed by atoms with E-state index in [9.17, 15) is 0 Å². The minimum atomic E-state index is -1.48. The third-order valence-corrected chi connectivity index (χ3v) is 7.80. The van der Waals surface area contributed by atoms with Crippen LogP contribution in [0.25, 0.3) is 0 Å². The molecule has 0 fully saturated rings. The molecule has 0 amide bonds. The van der Waals surface area contributed by atoms with Crippen molar-refractivity contribution in [2.45, 2.75) is 35.3 Å². The van der Waals surface area contributed by atoms with Crippen molar-refractivity contribution < 1.29 is 4.74 Å². The number of hydrogen-bond donors (Lipinski definition) is 0. The van der Waals surface area contributed by atoms with Crippen molar-refractivity contribution in [3.05, 3.63) is 60.7 Å². The Morgan fingerprint density at radius 2 is 1.32 bits per heavy atom. The largest absolute Gasteiger partial charge is 0.372 e. The Kier molecular flexibility index (Phi) is 5.34. The van der Waals surface area contributed by atoms with Gasteiger partial charge < -0.3 is 4.74 Å². The molecule has 0 N–H and O–H groups in total. The molecule has 2 rings (SSSR count). The Bertz CT molecular complexity index is 605. The second-order valence-electron chi connectivity index (χ2n) is 6.06. The van der Waals surface area contributed by atoms with Crippen LogP contribution in [0.3, 0.4) is 0 Å². The summed E-state index contributed by atoms with van der Waals surface area (Å²) in [7, 11) is 0.205. The Balaban J connectivity index is 2.74. The van der Waals surface area contributed by atoms with Gasteiger partial charge in [0.15, 0.2) is 0 Å². The first-order valence-corrected chi connectivity index (χ1v) is 9.07. The first kappa shape index (κ1) is 16.7. The van der Waals surface area contributed by atoms with Gasteiger partial charge in [0.25, 0.3) is 0 Å². The van der Waals surface area contributed by atoms with Gasteiger partial charge in [0.2, 0.25) is 0 Å². The highest BCUT2D eigenvalue weighted by molar-refractivity contribution is 8.38. The van der Waals surface area contributed by atoms with E-state index in [-0.39, 0.29) is 4.75 Å². The fourth-order valence-electron chi connectivity index (χ4n) is 2.57.